The lowest BCUT2D eigenvalue weighted by Gasteiger charge is -2.41. The van der Waals surface area contributed by atoms with E-state index in [1.807, 2.05) is 28.0 Å². The molecule has 0 saturated carbocycles. The number of benzene rings is 2. The summed E-state index contributed by atoms with van der Waals surface area (Å²) >= 11 is 0. The molecule has 4 aliphatic rings. The van der Waals surface area contributed by atoms with Gasteiger partial charge in [0.1, 0.15) is 0 Å². The molecule has 2 aromatic carbocycles. The number of rotatable bonds is 8. The van der Waals surface area contributed by atoms with Crippen LogP contribution in [0.3, 0.4) is 0 Å². The smallest absolute Gasteiger partial charge is 0.410 e. The Bertz CT molecular complexity index is 1390. The number of piperidine rings is 2. The lowest BCUT2D eigenvalue weighted by molar-refractivity contribution is -0.142. The number of fused-ring (bicyclic) bond motifs is 1. The third-order valence-corrected chi connectivity index (χ3v) is 10.7. The minimum Gasteiger partial charge on any atom is -0.436 e. The molecule has 3 fully saturated rings. The molecular formula is C37H52N6O4. The number of urea groups is 1. The van der Waals surface area contributed by atoms with E-state index in [9.17, 15) is 14.4 Å². The van der Waals surface area contributed by atoms with Gasteiger partial charge in [-0.1, -0.05) is 50.2 Å². The first-order valence-corrected chi connectivity index (χ1v) is 17.9. The third-order valence-electron chi connectivity index (χ3n) is 10.7. The zero-order valence-corrected chi connectivity index (χ0v) is 28.2. The zero-order chi connectivity index (χ0) is 32.8. The molecule has 1 atom stereocenters. The van der Waals surface area contributed by atoms with E-state index in [4.69, 9.17) is 4.74 Å². The summed E-state index contributed by atoms with van der Waals surface area (Å²) in [6, 6.07) is 14.8. The lowest BCUT2D eigenvalue weighted by atomic mass is 9.96. The molecule has 0 spiro atoms. The molecule has 4 heterocycles. The minimum atomic E-state index is -0.872. The Balaban J connectivity index is 1.09. The summed E-state index contributed by atoms with van der Waals surface area (Å²) < 4.78 is 6.13. The van der Waals surface area contributed by atoms with Gasteiger partial charge in [-0.3, -0.25) is 9.69 Å². The maximum atomic E-state index is 14.1. The van der Waals surface area contributed by atoms with Crippen molar-refractivity contribution in [1.29, 1.82) is 0 Å². The Hall–Kier alpha value is -3.63. The fourth-order valence-electron chi connectivity index (χ4n) is 7.87. The molecule has 254 valence electrons. The Kier molecular flexibility index (Phi) is 11.0. The van der Waals surface area contributed by atoms with Crippen molar-refractivity contribution in [3.8, 4) is 0 Å². The van der Waals surface area contributed by atoms with Gasteiger partial charge in [0.2, 0.25) is 0 Å². The second kappa shape index (κ2) is 15.5. The summed E-state index contributed by atoms with van der Waals surface area (Å²) in [6.07, 6.45) is 4.98. The van der Waals surface area contributed by atoms with Gasteiger partial charge in [0.25, 0.3) is 5.91 Å². The molecule has 0 bridgehead atoms. The number of para-hydroxylation sites is 1. The third kappa shape index (κ3) is 7.92. The van der Waals surface area contributed by atoms with E-state index in [-0.39, 0.29) is 18.0 Å². The molecule has 3 saturated heterocycles. The summed E-state index contributed by atoms with van der Waals surface area (Å²) in [5, 5.41) is 6.49. The molecular weight excluding hydrogens is 592 g/mol. The molecule has 0 radical (unpaired) electrons. The maximum Gasteiger partial charge on any atom is 0.410 e. The van der Waals surface area contributed by atoms with Crippen LogP contribution in [-0.4, -0.2) is 115 Å². The van der Waals surface area contributed by atoms with Crippen molar-refractivity contribution in [2.75, 3.05) is 64.2 Å². The van der Waals surface area contributed by atoms with Crippen LogP contribution in [-0.2, 0) is 35.2 Å². The van der Waals surface area contributed by atoms with Crippen LogP contribution in [0.4, 0.5) is 15.3 Å². The molecule has 4 amide bonds. The van der Waals surface area contributed by atoms with Gasteiger partial charge in [0.05, 0.1) is 0 Å². The van der Waals surface area contributed by atoms with Gasteiger partial charge in [-0.25, -0.2) is 9.59 Å². The standard InChI is InChI=1S/C37H52N6O4/c1-3-28-10-9-27(25-29(28)4-2)26-34(35(44)41-18-12-31(13-19-41)40-23-16-38-17-24-40)47-37(46)42-20-14-32(15-21-42)43-22-11-30-7-5-6-8-33(30)39-36(43)45/h5-10,25,31-32,34,38H,3-4,11-24,26H2,1-2H3,(H,39,45)/t34-/m1/s1. The first-order valence-electron chi connectivity index (χ1n) is 17.9. The largest absolute Gasteiger partial charge is 0.436 e. The van der Waals surface area contributed by atoms with Gasteiger partial charge in [-0.05, 0) is 73.3 Å². The number of nitrogens with zero attached hydrogens (tertiary/aromatic N) is 4. The van der Waals surface area contributed by atoms with E-state index in [0.29, 0.717) is 58.0 Å². The molecule has 0 aliphatic carbocycles. The molecule has 0 unspecified atom stereocenters. The van der Waals surface area contributed by atoms with E-state index >= 15 is 0 Å². The van der Waals surface area contributed by atoms with Crippen molar-refractivity contribution in [3.63, 3.8) is 0 Å². The number of ether oxygens (including phenoxy) is 1. The van der Waals surface area contributed by atoms with Gasteiger partial charge in [0, 0.05) is 83.1 Å². The van der Waals surface area contributed by atoms with Crippen LogP contribution in [0.15, 0.2) is 42.5 Å². The van der Waals surface area contributed by atoms with Crippen molar-refractivity contribution in [2.45, 2.75) is 83.4 Å². The molecule has 0 aromatic heterocycles. The molecule has 10 nitrogen and oxygen atoms in total. The number of hydrogen-bond acceptors (Lipinski definition) is 6. The topological polar surface area (TPSA) is 97.5 Å². The van der Waals surface area contributed by atoms with Crippen LogP contribution in [0, 0.1) is 0 Å². The van der Waals surface area contributed by atoms with Crippen molar-refractivity contribution in [2.24, 2.45) is 0 Å². The first-order chi connectivity index (χ1) is 22.9. The van der Waals surface area contributed by atoms with E-state index < -0.39 is 12.2 Å². The van der Waals surface area contributed by atoms with Gasteiger partial charge >= 0.3 is 12.1 Å². The van der Waals surface area contributed by atoms with Gasteiger partial charge in [-0.2, -0.15) is 0 Å². The molecule has 4 aliphatic heterocycles. The average molecular weight is 645 g/mol. The van der Waals surface area contributed by atoms with Crippen LogP contribution in [0.2, 0.25) is 0 Å². The number of aryl methyl sites for hydroxylation is 2. The Morgan fingerprint density at radius 3 is 2.23 bits per heavy atom. The Morgan fingerprint density at radius 2 is 1.51 bits per heavy atom. The fraction of sp³-hybridized carbons (Fsp3) is 0.595. The van der Waals surface area contributed by atoms with Crippen LogP contribution in [0.5, 0.6) is 0 Å². The van der Waals surface area contributed by atoms with Crippen LogP contribution < -0.4 is 10.6 Å². The van der Waals surface area contributed by atoms with Crippen molar-refractivity contribution in [1.82, 2.24) is 24.9 Å². The van der Waals surface area contributed by atoms with E-state index in [1.165, 1.54) is 11.1 Å². The predicted molar refractivity (Wildman–Crippen MR) is 184 cm³/mol. The number of anilines is 1. The van der Waals surface area contributed by atoms with E-state index in [1.54, 1.807) is 4.90 Å². The highest BCUT2D eigenvalue weighted by Gasteiger charge is 2.36. The summed E-state index contributed by atoms with van der Waals surface area (Å²) in [6.45, 7) is 11.5. The predicted octanol–water partition coefficient (Wildman–Crippen LogP) is 4.31. The number of carbonyl (C=O) groups excluding carboxylic acids is 3. The second-order valence-corrected chi connectivity index (χ2v) is 13.5. The van der Waals surface area contributed by atoms with E-state index in [0.717, 1.165) is 75.1 Å². The number of likely N-dealkylation sites (tertiary alicyclic amines) is 2. The molecule has 2 N–H and O–H groups in total. The number of hydrogen-bond donors (Lipinski definition) is 2. The minimum absolute atomic E-state index is 0.0484. The van der Waals surface area contributed by atoms with Crippen LogP contribution >= 0.6 is 0 Å². The summed E-state index contributed by atoms with van der Waals surface area (Å²) in [7, 11) is 0. The quantitative estimate of drug-likeness (QED) is 0.445. The first kappa shape index (κ1) is 33.3. The normalized spacial score (nSPS) is 20.7. The molecule has 10 heteroatoms. The van der Waals surface area contributed by atoms with Gasteiger partial charge in [0.15, 0.2) is 6.10 Å². The Morgan fingerprint density at radius 1 is 0.830 bits per heavy atom. The highest BCUT2D eigenvalue weighted by Crippen LogP contribution is 2.26. The zero-order valence-electron chi connectivity index (χ0n) is 28.2. The molecule has 6 rings (SSSR count). The summed E-state index contributed by atoms with van der Waals surface area (Å²) in [5.74, 6) is -0.0922. The monoisotopic (exact) mass is 644 g/mol. The molecule has 2 aromatic rings. The van der Waals surface area contributed by atoms with Gasteiger partial charge in [-0.15, -0.1) is 0 Å². The van der Waals surface area contributed by atoms with Crippen LogP contribution in [0.25, 0.3) is 0 Å². The average Bonchev–Trinajstić information content (AvgIpc) is 3.29. The maximum absolute atomic E-state index is 14.1. The van der Waals surface area contributed by atoms with Crippen LogP contribution in [0.1, 0.15) is 61.8 Å². The van der Waals surface area contributed by atoms with Crippen molar-refractivity contribution >= 4 is 23.7 Å². The SMILES string of the molecule is CCc1ccc(C[C@@H](OC(=O)N2CCC(N3CCc4ccccc4NC3=O)CC2)C(=O)N2CCC(N3CCNCC3)CC2)cc1CC. The summed E-state index contributed by atoms with van der Waals surface area (Å²) in [4.78, 5) is 48.9. The highest BCUT2D eigenvalue weighted by atomic mass is 16.6. The number of carbonyl (C=O) groups is 3. The number of nitrogens with one attached hydrogen (secondary N) is 2. The van der Waals surface area contributed by atoms with E-state index in [2.05, 4.69) is 53.6 Å². The summed E-state index contributed by atoms with van der Waals surface area (Å²) in [5.41, 5.74) is 5.63. The number of piperazine rings is 1. The number of amides is 4. The Labute approximate surface area is 279 Å². The lowest BCUT2D eigenvalue weighted by Crippen LogP contribution is -2.54. The second-order valence-electron chi connectivity index (χ2n) is 13.5. The molecule has 47 heavy (non-hydrogen) atoms. The highest BCUT2D eigenvalue weighted by molar-refractivity contribution is 5.91. The van der Waals surface area contributed by atoms with Crippen molar-refractivity contribution in [3.05, 3.63) is 64.7 Å². The fourth-order valence-corrected chi connectivity index (χ4v) is 7.87. The van der Waals surface area contributed by atoms with Gasteiger partial charge < -0.3 is 30.1 Å². The van der Waals surface area contributed by atoms with Crippen molar-refractivity contribution < 1.29 is 19.1 Å².